The summed E-state index contributed by atoms with van der Waals surface area (Å²) in [5, 5.41) is 7.47. The molecule has 0 aliphatic carbocycles. The van der Waals surface area contributed by atoms with E-state index in [0.717, 1.165) is 45.3 Å². The summed E-state index contributed by atoms with van der Waals surface area (Å²) in [6.45, 7) is 3.74. The van der Waals surface area contributed by atoms with Crippen molar-refractivity contribution in [2.75, 3.05) is 13.2 Å². The maximum Gasteiger partial charge on any atom is 0.219 e. The molecule has 1 aliphatic rings. The van der Waals surface area contributed by atoms with Crippen molar-refractivity contribution in [3.63, 3.8) is 0 Å². The van der Waals surface area contributed by atoms with Gasteiger partial charge in [-0.2, -0.15) is 0 Å². The Morgan fingerprint density at radius 3 is 2.15 bits per heavy atom. The molecule has 0 atom stereocenters. The van der Waals surface area contributed by atoms with Crippen LogP contribution in [0.2, 0.25) is 0 Å². The molecule has 1 heterocycles. The number of amides is 1. The molecule has 0 aromatic carbocycles. The van der Waals surface area contributed by atoms with Crippen molar-refractivity contribution in [3.05, 3.63) is 0 Å². The number of carbonyl (C=O) groups is 1. The Morgan fingerprint density at radius 1 is 0.808 bits per heavy atom. The van der Waals surface area contributed by atoms with Crippen molar-refractivity contribution < 1.29 is 9.63 Å². The number of hydrogen-bond acceptors (Lipinski definition) is 3. The number of rotatable bonds is 7. The van der Waals surface area contributed by atoms with E-state index in [1.165, 1.54) is 76.3 Å². The molecule has 4 heteroatoms. The molecule has 26 heavy (non-hydrogen) atoms. The minimum atomic E-state index is 0.207. The van der Waals surface area contributed by atoms with Crippen LogP contribution in [0.25, 0.3) is 0 Å². The van der Waals surface area contributed by atoms with E-state index < -0.39 is 0 Å². The van der Waals surface area contributed by atoms with Gasteiger partial charge in [-0.05, 0) is 44.9 Å². The van der Waals surface area contributed by atoms with Gasteiger partial charge in [0.2, 0.25) is 5.91 Å². The highest BCUT2D eigenvalue weighted by atomic mass is 16.6. The summed E-state index contributed by atoms with van der Waals surface area (Å²) >= 11 is 0. The second kappa shape index (κ2) is 17.4. The average molecular weight is 367 g/mol. The van der Waals surface area contributed by atoms with Gasteiger partial charge >= 0.3 is 0 Å². The molecule has 1 fully saturated rings. The molecule has 0 radical (unpaired) electrons. The lowest BCUT2D eigenvalue weighted by Gasteiger charge is -2.09. The zero-order valence-corrected chi connectivity index (χ0v) is 17.2. The summed E-state index contributed by atoms with van der Waals surface area (Å²) in [5.74, 6) is 0.207. The third kappa shape index (κ3) is 14.1. The minimum absolute atomic E-state index is 0.207. The standard InChI is InChI=1S/C22H42N2O2/c1-2-3-4-11-14-20-26-24-21-16-12-9-7-5-6-8-10-13-18-22(25)23-19-15-17-21/h2-20H2,1H3,(H,23,25)/b24-21-. The van der Waals surface area contributed by atoms with Gasteiger partial charge in [-0.25, -0.2) is 0 Å². The van der Waals surface area contributed by atoms with Crippen LogP contribution >= 0.6 is 0 Å². The summed E-state index contributed by atoms with van der Waals surface area (Å²) in [7, 11) is 0. The molecule has 1 N–H and O–H groups in total. The van der Waals surface area contributed by atoms with Crippen LogP contribution in [0, 0.1) is 0 Å². The predicted molar refractivity (Wildman–Crippen MR) is 111 cm³/mol. The van der Waals surface area contributed by atoms with Crippen LogP contribution in [-0.4, -0.2) is 24.8 Å². The number of hydrogen-bond donors (Lipinski definition) is 1. The predicted octanol–water partition coefficient (Wildman–Crippen LogP) is 6.14. The van der Waals surface area contributed by atoms with E-state index in [0.29, 0.717) is 6.42 Å². The topological polar surface area (TPSA) is 50.7 Å². The first-order valence-electron chi connectivity index (χ1n) is 11.3. The van der Waals surface area contributed by atoms with E-state index in [1.807, 2.05) is 0 Å². The molecule has 0 unspecified atom stereocenters. The third-order valence-electron chi connectivity index (χ3n) is 5.12. The molecule has 1 amide bonds. The third-order valence-corrected chi connectivity index (χ3v) is 5.12. The first kappa shape index (κ1) is 23.0. The Bertz CT molecular complexity index is 369. The van der Waals surface area contributed by atoms with Gasteiger partial charge in [-0.15, -0.1) is 0 Å². The Labute approximate surface area is 161 Å². The number of nitrogens with one attached hydrogen (secondary N) is 1. The Hall–Kier alpha value is -1.06. The van der Waals surface area contributed by atoms with Crippen LogP contribution in [0.4, 0.5) is 0 Å². The number of nitrogens with zero attached hydrogens (tertiary/aromatic N) is 1. The Kier molecular flexibility index (Phi) is 15.3. The fourth-order valence-corrected chi connectivity index (χ4v) is 3.41. The molecular formula is C22H42N2O2. The van der Waals surface area contributed by atoms with Crippen molar-refractivity contribution >= 4 is 11.6 Å². The van der Waals surface area contributed by atoms with E-state index in [-0.39, 0.29) is 5.91 Å². The molecule has 152 valence electrons. The van der Waals surface area contributed by atoms with Gasteiger partial charge in [0, 0.05) is 13.0 Å². The summed E-state index contributed by atoms with van der Waals surface area (Å²) in [6.07, 6.45) is 19.8. The lowest BCUT2D eigenvalue weighted by molar-refractivity contribution is -0.121. The maximum absolute atomic E-state index is 11.8. The van der Waals surface area contributed by atoms with E-state index >= 15 is 0 Å². The normalized spacial score (nSPS) is 20.7. The Morgan fingerprint density at radius 2 is 1.42 bits per heavy atom. The molecule has 0 bridgehead atoms. The second-order valence-corrected chi connectivity index (χ2v) is 7.69. The van der Waals surface area contributed by atoms with Gasteiger partial charge in [0.25, 0.3) is 0 Å². The SMILES string of the molecule is CCCCCCCO/N=C1/CCCCCCCCCCC(=O)NCCC1. The maximum atomic E-state index is 11.8. The monoisotopic (exact) mass is 366 g/mol. The van der Waals surface area contributed by atoms with E-state index in [2.05, 4.69) is 17.4 Å². The van der Waals surface area contributed by atoms with Crippen LogP contribution in [0.3, 0.4) is 0 Å². The van der Waals surface area contributed by atoms with Gasteiger partial charge in [0.05, 0.1) is 5.71 Å². The minimum Gasteiger partial charge on any atom is -0.396 e. The van der Waals surface area contributed by atoms with Crippen LogP contribution < -0.4 is 5.32 Å². The molecule has 1 saturated heterocycles. The fraction of sp³-hybridized carbons (Fsp3) is 0.909. The number of unbranched alkanes of at least 4 members (excludes halogenated alkanes) is 4. The summed E-state index contributed by atoms with van der Waals surface area (Å²) in [5.41, 5.74) is 1.18. The smallest absolute Gasteiger partial charge is 0.219 e. The lowest BCUT2D eigenvalue weighted by atomic mass is 10.0. The molecule has 1 rings (SSSR count). The molecule has 0 aromatic heterocycles. The highest BCUT2D eigenvalue weighted by Gasteiger charge is 2.05. The number of oxime groups is 1. The van der Waals surface area contributed by atoms with Gasteiger partial charge in [-0.3, -0.25) is 4.79 Å². The highest BCUT2D eigenvalue weighted by molar-refractivity contribution is 5.84. The van der Waals surface area contributed by atoms with Crippen LogP contribution in [0.5, 0.6) is 0 Å². The Balaban J connectivity index is 2.30. The zero-order valence-electron chi connectivity index (χ0n) is 17.2. The van der Waals surface area contributed by atoms with Gasteiger partial charge in [-0.1, -0.05) is 69.9 Å². The number of carbonyl (C=O) groups excluding carboxylic acids is 1. The fourth-order valence-electron chi connectivity index (χ4n) is 3.41. The van der Waals surface area contributed by atoms with Crippen molar-refractivity contribution in [1.29, 1.82) is 0 Å². The molecule has 0 saturated carbocycles. The average Bonchev–Trinajstić information content (AvgIpc) is 2.64. The first-order chi connectivity index (χ1) is 12.8. The van der Waals surface area contributed by atoms with E-state index in [1.54, 1.807) is 0 Å². The van der Waals surface area contributed by atoms with Crippen molar-refractivity contribution in [3.8, 4) is 0 Å². The van der Waals surface area contributed by atoms with Crippen molar-refractivity contribution in [2.24, 2.45) is 5.16 Å². The molecule has 0 spiro atoms. The van der Waals surface area contributed by atoms with Gasteiger partial charge in [0.15, 0.2) is 0 Å². The molecule has 4 nitrogen and oxygen atoms in total. The van der Waals surface area contributed by atoms with Crippen LogP contribution in [0.1, 0.15) is 116 Å². The van der Waals surface area contributed by atoms with Crippen LogP contribution in [-0.2, 0) is 9.63 Å². The quantitative estimate of drug-likeness (QED) is 0.434. The highest BCUT2D eigenvalue weighted by Crippen LogP contribution is 2.13. The van der Waals surface area contributed by atoms with E-state index in [9.17, 15) is 4.79 Å². The van der Waals surface area contributed by atoms with Gasteiger partial charge in [0.1, 0.15) is 6.61 Å². The van der Waals surface area contributed by atoms with Crippen LogP contribution in [0.15, 0.2) is 5.16 Å². The molecule has 0 aromatic rings. The summed E-state index contributed by atoms with van der Waals surface area (Å²) in [4.78, 5) is 17.4. The van der Waals surface area contributed by atoms with Gasteiger partial charge < -0.3 is 10.2 Å². The van der Waals surface area contributed by atoms with E-state index in [4.69, 9.17) is 4.84 Å². The van der Waals surface area contributed by atoms with Crippen molar-refractivity contribution in [1.82, 2.24) is 5.32 Å². The summed E-state index contributed by atoms with van der Waals surface area (Å²) < 4.78 is 0. The van der Waals surface area contributed by atoms with Crippen molar-refractivity contribution in [2.45, 2.75) is 116 Å². The second-order valence-electron chi connectivity index (χ2n) is 7.69. The molecule has 1 aliphatic heterocycles. The summed E-state index contributed by atoms with van der Waals surface area (Å²) in [6, 6.07) is 0. The lowest BCUT2D eigenvalue weighted by Crippen LogP contribution is -2.24. The first-order valence-corrected chi connectivity index (χ1v) is 11.3. The zero-order chi connectivity index (χ0) is 18.7. The molecular weight excluding hydrogens is 324 g/mol. The largest absolute Gasteiger partial charge is 0.396 e.